The monoisotopic (exact) mass is 405 g/mol. The summed E-state index contributed by atoms with van der Waals surface area (Å²) in [6.45, 7) is 0. The molecule has 8 nitrogen and oxygen atoms in total. The first kappa shape index (κ1) is 19.1. The number of methoxy groups -OCH3 is 1. The average Bonchev–Trinajstić information content (AvgIpc) is 3.43. The lowest BCUT2D eigenvalue weighted by molar-refractivity contribution is -0.0501. The van der Waals surface area contributed by atoms with Crippen LogP contribution in [0, 0.1) is 0 Å². The molecule has 12 heteroatoms. The van der Waals surface area contributed by atoms with Crippen molar-refractivity contribution in [3.8, 4) is 5.88 Å². The molecule has 1 aromatic heterocycles. The van der Waals surface area contributed by atoms with Crippen LogP contribution in [0.15, 0.2) is 18.2 Å². The molecule has 27 heavy (non-hydrogen) atoms. The number of carbonyl (C=O) groups excluding carboxylic acids is 1. The van der Waals surface area contributed by atoms with E-state index in [4.69, 9.17) is 0 Å². The number of halogens is 3. The Morgan fingerprint density at radius 2 is 1.93 bits per heavy atom. The molecule has 2 aromatic rings. The van der Waals surface area contributed by atoms with Gasteiger partial charge in [0.15, 0.2) is 5.82 Å². The summed E-state index contributed by atoms with van der Waals surface area (Å²) in [5.74, 6) is -1.74. The SMILES string of the molecule is COC(=O)c1cccc2nc(OS(=O)(=O)C(F)(F)F)c(N(C)C3CC3)nc12. The second kappa shape index (κ2) is 6.51. The molecule has 0 bridgehead atoms. The normalized spacial score (nSPS) is 14.9. The van der Waals surface area contributed by atoms with Crippen molar-refractivity contribution in [2.75, 3.05) is 19.1 Å². The maximum absolute atomic E-state index is 12.7. The Bertz CT molecular complexity index is 1010. The summed E-state index contributed by atoms with van der Waals surface area (Å²) in [7, 11) is -3.24. The first-order valence-corrected chi connectivity index (χ1v) is 9.08. The van der Waals surface area contributed by atoms with Crippen LogP contribution in [-0.2, 0) is 14.9 Å². The van der Waals surface area contributed by atoms with Gasteiger partial charge in [-0.2, -0.15) is 21.6 Å². The van der Waals surface area contributed by atoms with E-state index in [0.717, 1.165) is 12.8 Å². The van der Waals surface area contributed by atoms with Crippen molar-refractivity contribution in [3.05, 3.63) is 23.8 Å². The largest absolute Gasteiger partial charge is 0.534 e. The molecule has 1 aliphatic carbocycles. The third-order valence-electron chi connectivity index (χ3n) is 3.95. The molecule has 0 unspecified atom stereocenters. The third kappa shape index (κ3) is 3.61. The summed E-state index contributed by atoms with van der Waals surface area (Å²) in [6, 6.07) is 4.15. The van der Waals surface area contributed by atoms with Crippen molar-refractivity contribution in [2.45, 2.75) is 24.4 Å². The molecule has 0 saturated heterocycles. The van der Waals surface area contributed by atoms with Gasteiger partial charge in [-0.15, -0.1) is 0 Å². The van der Waals surface area contributed by atoms with Crippen LogP contribution in [0.3, 0.4) is 0 Å². The van der Waals surface area contributed by atoms with Gasteiger partial charge < -0.3 is 13.8 Å². The number of benzene rings is 1. The zero-order chi connectivity index (χ0) is 20.0. The standard InChI is InChI=1S/C15H14F3N3O5S/c1-21(8-6-7-8)12-13(26-27(23,24)15(16,17)18)19-10-5-3-4-9(11(10)20-12)14(22)25-2/h3-5,8H,6-7H2,1-2H3. The van der Waals surface area contributed by atoms with E-state index in [-0.39, 0.29) is 28.5 Å². The first-order valence-electron chi connectivity index (χ1n) is 7.68. The van der Waals surface area contributed by atoms with E-state index in [9.17, 15) is 26.4 Å². The van der Waals surface area contributed by atoms with E-state index in [0.29, 0.717) is 0 Å². The number of ether oxygens (including phenoxy) is 1. The number of aromatic nitrogens is 2. The molecule has 1 aromatic carbocycles. The van der Waals surface area contributed by atoms with Gasteiger partial charge in [0.2, 0.25) is 0 Å². The number of anilines is 1. The van der Waals surface area contributed by atoms with Crippen LogP contribution in [0.2, 0.25) is 0 Å². The molecule has 3 rings (SSSR count). The number of alkyl halides is 3. The molecule has 146 valence electrons. The molecule has 0 spiro atoms. The van der Waals surface area contributed by atoms with Gasteiger partial charge in [-0.25, -0.2) is 14.8 Å². The number of nitrogens with zero attached hydrogens (tertiary/aromatic N) is 3. The summed E-state index contributed by atoms with van der Waals surface area (Å²) in [5, 5.41) is 0. The molecule has 1 saturated carbocycles. The minimum Gasteiger partial charge on any atom is -0.465 e. The summed E-state index contributed by atoms with van der Waals surface area (Å²) >= 11 is 0. The Balaban J connectivity index is 2.20. The van der Waals surface area contributed by atoms with Gasteiger partial charge in [-0.1, -0.05) is 6.07 Å². The van der Waals surface area contributed by atoms with Crippen molar-refractivity contribution in [2.24, 2.45) is 0 Å². The molecular weight excluding hydrogens is 391 g/mol. The van der Waals surface area contributed by atoms with E-state index < -0.39 is 27.5 Å². The van der Waals surface area contributed by atoms with Crippen LogP contribution in [-0.4, -0.2) is 50.1 Å². The lowest BCUT2D eigenvalue weighted by atomic mass is 10.2. The van der Waals surface area contributed by atoms with Gasteiger partial charge in [-0.05, 0) is 25.0 Å². The zero-order valence-electron chi connectivity index (χ0n) is 14.1. The lowest BCUT2D eigenvalue weighted by Crippen LogP contribution is -2.30. The quantitative estimate of drug-likeness (QED) is 0.424. The predicted molar refractivity (Wildman–Crippen MR) is 87.9 cm³/mol. The number of carbonyl (C=O) groups is 1. The third-order valence-corrected chi connectivity index (χ3v) is 4.90. The molecule has 1 heterocycles. The molecule has 0 aliphatic heterocycles. The van der Waals surface area contributed by atoms with E-state index in [1.165, 1.54) is 37.3 Å². The van der Waals surface area contributed by atoms with Gasteiger partial charge in [0.1, 0.15) is 5.52 Å². The summed E-state index contributed by atoms with van der Waals surface area (Å²) < 4.78 is 69.9. The van der Waals surface area contributed by atoms with Gasteiger partial charge in [0.05, 0.1) is 18.2 Å². The van der Waals surface area contributed by atoms with Crippen LogP contribution < -0.4 is 9.08 Å². The summed E-state index contributed by atoms with van der Waals surface area (Å²) in [4.78, 5) is 21.4. The molecule has 1 aliphatic rings. The Kier molecular flexibility index (Phi) is 4.62. The molecule has 0 atom stereocenters. The highest BCUT2D eigenvalue weighted by atomic mass is 32.2. The second-order valence-corrected chi connectivity index (χ2v) is 7.38. The summed E-state index contributed by atoms with van der Waals surface area (Å²) in [6.07, 6.45) is 1.50. The Morgan fingerprint density at radius 1 is 1.26 bits per heavy atom. The highest BCUT2D eigenvalue weighted by Crippen LogP contribution is 2.37. The van der Waals surface area contributed by atoms with E-state index in [2.05, 4.69) is 18.9 Å². The van der Waals surface area contributed by atoms with Crippen molar-refractivity contribution in [1.82, 2.24) is 9.97 Å². The van der Waals surface area contributed by atoms with E-state index in [1.807, 2.05) is 0 Å². The van der Waals surface area contributed by atoms with E-state index in [1.54, 1.807) is 0 Å². The summed E-state index contributed by atoms with van der Waals surface area (Å²) in [5.41, 5.74) is -5.53. The molecular formula is C15H14F3N3O5S. The number of fused-ring (bicyclic) bond motifs is 1. The highest BCUT2D eigenvalue weighted by molar-refractivity contribution is 7.88. The van der Waals surface area contributed by atoms with E-state index >= 15 is 0 Å². The average molecular weight is 405 g/mol. The number of esters is 1. The van der Waals surface area contributed by atoms with Crippen LogP contribution in [0.25, 0.3) is 11.0 Å². The van der Waals surface area contributed by atoms with Crippen molar-refractivity contribution >= 4 is 32.9 Å². The van der Waals surface area contributed by atoms with Crippen molar-refractivity contribution < 1.29 is 35.3 Å². The smallest absolute Gasteiger partial charge is 0.465 e. The minimum atomic E-state index is -5.93. The Hall–Kier alpha value is -2.63. The maximum Gasteiger partial charge on any atom is 0.534 e. The number of hydrogen-bond acceptors (Lipinski definition) is 8. The van der Waals surface area contributed by atoms with Crippen molar-refractivity contribution in [1.29, 1.82) is 0 Å². The Labute approximate surface area is 152 Å². The van der Waals surface area contributed by atoms with Crippen LogP contribution >= 0.6 is 0 Å². The predicted octanol–water partition coefficient (Wildman–Crippen LogP) is 2.24. The van der Waals surface area contributed by atoms with Gasteiger partial charge >= 0.3 is 21.6 Å². The first-order chi connectivity index (χ1) is 12.5. The van der Waals surface area contributed by atoms with Crippen molar-refractivity contribution in [3.63, 3.8) is 0 Å². The number of rotatable bonds is 5. The van der Waals surface area contributed by atoms with Gasteiger partial charge in [-0.3, -0.25) is 0 Å². The lowest BCUT2D eigenvalue weighted by Gasteiger charge is -2.21. The molecule has 0 N–H and O–H groups in total. The van der Waals surface area contributed by atoms with Crippen LogP contribution in [0.5, 0.6) is 5.88 Å². The minimum absolute atomic E-state index is 0.0155. The maximum atomic E-state index is 12.7. The second-order valence-electron chi connectivity index (χ2n) is 5.84. The van der Waals surface area contributed by atoms with Crippen LogP contribution in [0.4, 0.5) is 19.0 Å². The fourth-order valence-corrected chi connectivity index (χ4v) is 2.81. The van der Waals surface area contributed by atoms with Gasteiger partial charge in [0, 0.05) is 13.1 Å². The molecule has 1 fully saturated rings. The van der Waals surface area contributed by atoms with Gasteiger partial charge in [0.25, 0.3) is 5.88 Å². The highest BCUT2D eigenvalue weighted by Gasteiger charge is 2.49. The fraction of sp³-hybridized carbons (Fsp3) is 0.400. The Morgan fingerprint density at radius 3 is 2.48 bits per heavy atom. The molecule has 0 radical (unpaired) electrons. The number of hydrogen-bond donors (Lipinski definition) is 0. The number of para-hydroxylation sites is 1. The fourth-order valence-electron chi connectivity index (χ4n) is 2.40. The molecule has 0 amide bonds. The zero-order valence-corrected chi connectivity index (χ0v) is 15.0. The topological polar surface area (TPSA) is 98.7 Å². The van der Waals surface area contributed by atoms with Crippen LogP contribution in [0.1, 0.15) is 23.2 Å².